The second-order valence-corrected chi connectivity index (χ2v) is 3.96. The van der Waals surface area contributed by atoms with E-state index in [1.165, 1.54) is 0 Å². The molecule has 2 heterocycles. The van der Waals surface area contributed by atoms with Crippen LogP contribution in [0, 0.1) is 0 Å². The van der Waals surface area contributed by atoms with Gasteiger partial charge in [0.05, 0.1) is 12.3 Å². The van der Waals surface area contributed by atoms with Crippen LogP contribution in [0.2, 0.25) is 0 Å². The smallest absolute Gasteiger partial charge is 0.239 e. The van der Waals surface area contributed by atoms with E-state index in [-0.39, 0.29) is 0 Å². The molecule has 2 N–H and O–H groups in total. The average Bonchev–Trinajstić information content (AvgIpc) is 2.81. The summed E-state index contributed by atoms with van der Waals surface area (Å²) in [4.78, 5) is 8.75. The SMILES string of the molecule is CCCc1nccn1-c1ccc(N)c(OCC)n1. The van der Waals surface area contributed by atoms with Crippen LogP contribution in [0.3, 0.4) is 0 Å². The van der Waals surface area contributed by atoms with Gasteiger partial charge in [0.15, 0.2) is 0 Å². The van der Waals surface area contributed by atoms with Gasteiger partial charge in [-0.3, -0.25) is 4.57 Å². The molecule has 0 amide bonds. The zero-order chi connectivity index (χ0) is 13.0. The molecule has 0 fully saturated rings. The maximum absolute atomic E-state index is 5.81. The van der Waals surface area contributed by atoms with Crippen LogP contribution in [0.25, 0.3) is 5.82 Å². The number of hydrogen-bond donors (Lipinski definition) is 1. The molecule has 5 heteroatoms. The normalized spacial score (nSPS) is 10.6. The van der Waals surface area contributed by atoms with Crippen LogP contribution < -0.4 is 10.5 Å². The number of ether oxygens (including phenoxy) is 1. The first-order valence-electron chi connectivity index (χ1n) is 6.18. The summed E-state index contributed by atoms with van der Waals surface area (Å²) in [5.74, 6) is 2.26. The Morgan fingerprint density at radius 2 is 2.17 bits per heavy atom. The van der Waals surface area contributed by atoms with Crippen LogP contribution in [0.15, 0.2) is 24.5 Å². The molecular weight excluding hydrogens is 228 g/mol. The molecule has 0 aliphatic rings. The highest BCUT2D eigenvalue weighted by Gasteiger charge is 2.08. The Bertz CT molecular complexity index is 521. The van der Waals surface area contributed by atoms with E-state index in [0.29, 0.717) is 18.2 Å². The Balaban J connectivity index is 2.38. The molecule has 0 radical (unpaired) electrons. The Kier molecular flexibility index (Phi) is 3.82. The van der Waals surface area contributed by atoms with Crippen molar-refractivity contribution in [2.45, 2.75) is 26.7 Å². The minimum absolute atomic E-state index is 0.478. The Morgan fingerprint density at radius 1 is 1.33 bits per heavy atom. The number of hydrogen-bond acceptors (Lipinski definition) is 4. The molecule has 0 aliphatic heterocycles. The summed E-state index contributed by atoms with van der Waals surface area (Å²) in [6, 6.07) is 3.68. The maximum Gasteiger partial charge on any atom is 0.239 e. The van der Waals surface area contributed by atoms with E-state index in [0.717, 1.165) is 24.5 Å². The number of rotatable bonds is 5. The lowest BCUT2D eigenvalue weighted by Crippen LogP contribution is -2.06. The first-order valence-corrected chi connectivity index (χ1v) is 6.18. The lowest BCUT2D eigenvalue weighted by molar-refractivity contribution is 0.328. The molecule has 18 heavy (non-hydrogen) atoms. The summed E-state index contributed by atoms with van der Waals surface area (Å²) >= 11 is 0. The van der Waals surface area contributed by atoms with Crippen LogP contribution in [0.1, 0.15) is 26.1 Å². The number of aromatic nitrogens is 3. The fourth-order valence-corrected chi connectivity index (χ4v) is 1.78. The lowest BCUT2D eigenvalue weighted by Gasteiger charge is -2.10. The van der Waals surface area contributed by atoms with Gasteiger partial charge >= 0.3 is 0 Å². The highest BCUT2D eigenvalue weighted by molar-refractivity contribution is 5.50. The van der Waals surface area contributed by atoms with Gasteiger partial charge < -0.3 is 10.5 Å². The van der Waals surface area contributed by atoms with Gasteiger partial charge in [-0.15, -0.1) is 0 Å². The molecule has 0 saturated heterocycles. The number of nitrogens with two attached hydrogens (primary N) is 1. The van der Waals surface area contributed by atoms with Crippen molar-refractivity contribution < 1.29 is 4.74 Å². The van der Waals surface area contributed by atoms with Crippen molar-refractivity contribution in [1.82, 2.24) is 14.5 Å². The standard InChI is InChI=1S/C13H18N4O/c1-3-5-11-15-8-9-17(11)12-7-6-10(14)13(16-12)18-4-2/h6-9H,3-5,14H2,1-2H3. The van der Waals surface area contributed by atoms with Gasteiger partial charge in [-0.05, 0) is 25.5 Å². The van der Waals surface area contributed by atoms with E-state index in [4.69, 9.17) is 10.5 Å². The van der Waals surface area contributed by atoms with Gasteiger partial charge in [0.2, 0.25) is 5.88 Å². The number of nitrogens with zero attached hydrogens (tertiary/aromatic N) is 3. The maximum atomic E-state index is 5.81. The van der Waals surface area contributed by atoms with Crippen molar-refractivity contribution in [3.8, 4) is 11.7 Å². The molecule has 0 aliphatic carbocycles. The van der Waals surface area contributed by atoms with Crippen molar-refractivity contribution in [3.63, 3.8) is 0 Å². The molecular formula is C13H18N4O. The minimum Gasteiger partial charge on any atom is -0.476 e. The predicted octanol–water partition coefficient (Wildman–Crippen LogP) is 2.20. The number of pyridine rings is 1. The zero-order valence-corrected chi connectivity index (χ0v) is 10.8. The third kappa shape index (κ3) is 2.45. The number of imidazole rings is 1. The van der Waals surface area contributed by atoms with E-state index in [1.54, 1.807) is 6.20 Å². The van der Waals surface area contributed by atoms with Crippen molar-refractivity contribution in [3.05, 3.63) is 30.4 Å². The van der Waals surface area contributed by atoms with E-state index < -0.39 is 0 Å². The zero-order valence-electron chi connectivity index (χ0n) is 10.8. The summed E-state index contributed by atoms with van der Waals surface area (Å²) in [7, 11) is 0. The third-order valence-electron chi connectivity index (χ3n) is 2.59. The molecule has 96 valence electrons. The molecule has 0 saturated carbocycles. The third-order valence-corrected chi connectivity index (χ3v) is 2.59. The van der Waals surface area contributed by atoms with Crippen LogP contribution in [0.4, 0.5) is 5.69 Å². The molecule has 0 aromatic carbocycles. The number of nitrogen functional groups attached to an aromatic ring is 1. The van der Waals surface area contributed by atoms with E-state index in [9.17, 15) is 0 Å². The average molecular weight is 246 g/mol. The van der Waals surface area contributed by atoms with Crippen molar-refractivity contribution >= 4 is 5.69 Å². The van der Waals surface area contributed by atoms with Crippen molar-refractivity contribution in [2.75, 3.05) is 12.3 Å². The Hall–Kier alpha value is -2.04. The van der Waals surface area contributed by atoms with Crippen molar-refractivity contribution in [1.29, 1.82) is 0 Å². The van der Waals surface area contributed by atoms with Crippen LogP contribution in [0.5, 0.6) is 5.88 Å². The van der Waals surface area contributed by atoms with Gasteiger partial charge in [-0.2, -0.15) is 4.98 Å². The van der Waals surface area contributed by atoms with Gasteiger partial charge in [0.25, 0.3) is 0 Å². The molecule has 2 aromatic rings. The summed E-state index contributed by atoms with van der Waals surface area (Å²) in [6.45, 7) is 4.58. The Labute approximate surface area is 107 Å². The monoisotopic (exact) mass is 246 g/mol. The van der Waals surface area contributed by atoms with Gasteiger partial charge in [0, 0.05) is 18.8 Å². The Morgan fingerprint density at radius 3 is 2.89 bits per heavy atom. The predicted molar refractivity (Wildman–Crippen MR) is 70.9 cm³/mol. The fraction of sp³-hybridized carbons (Fsp3) is 0.385. The minimum atomic E-state index is 0.478. The molecule has 2 aromatic heterocycles. The second kappa shape index (κ2) is 5.53. The largest absolute Gasteiger partial charge is 0.476 e. The second-order valence-electron chi connectivity index (χ2n) is 3.96. The fourth-order valence-electron chi connectivity index (χ4n) is 1.78. The highest BCUT2D eigenvalue weighted by atomic mass is 16.5. The summed E-state index contributed by atoms with van der Waals surface area (Å²) < 4.78 is 7.37. The van der Waals surface area contributed by atoms with E-state index in [1.807, 2.05) is 29.8 Å². The molecule has 0 unspecified atom stereocenters. The van der Waals surface area contributed by atoms with Crippen LogP contribution >= 0.6 is 0 Å². The topological polar surface area (TPSA) is 66.0 Å². The van der Waals surface area contributed by atoms with Gasteiger partial charge in [0.1, 0.15) is 11.6 Å². The summed E-state index contributed by atoms with van der Waals surface area (Å²) in [6.07, 6.45) is 5.65. The van der Waals surface area contributed by atoms with E-state index >= 15 is 0 Å². The first kappa shape index (κ1) is 12.4. The quantitative estimate of drug-likeness (QED) is 0.878. The first-order chi connectivity index (χ1) is 8.76. The van der Waals surface area contributed by atoms with Crippen LogP contribution in [-0.4, -0.2) is 21.1 Å². The van der Waals surface area contributed by atoms with Gasteiger partial charge in [-0.1, -0.05) is 6.92 Å². The molecule has 0 bridgehead atoms. The highest BCUT2D eigenvalue weighted by Crippen LogP contribution is 2.21. The summed E-state index contributed by atoms with van der Waals surface area (Å²) in [5, 5.41) is 0. The van der Waals surface area contributed by atoms with Crippen LogP contribution in [-0.2, 0) is 6.42 Å². The number of aryl methyl sites for hydroxylation is 1. The molecule has 2 rings (SSSR count). The molecule has 0 atom stereocenters. The van der Waals surface area contributed by atoms with E-state index in [2.05, 4.69) is 16.9 Å². The lowest BCUT2D eigenvalue weighted by atomic mass is 10.3. The molecule has 5 nitrogen and oxygen atoms in total. The number of anilines is 1. The van der Waals surface area contributed by atoms with Gasteiger partial charge in [-0.25, -0.2) is 4.98 Å². The van der Waals surface area contributed by atoms with Crippen molar-refractivity contribution in [2.24, 2.45) is 0 Å². The molecule has 0 spiro atoms. The summed E-state index contributed by atoms with van der Waals surface area (Å²) in [5.41, 5.74) is 6.37.